The highest BCUT2D eigenvalue weighted by atomic mass is 79.9. The third kappa shape index (κ3) is 3.14. The van der Waals surface area contributed by atoms with Crippen LogP contribution in [0.3, 0.4) is 0 Å². The van der Waals surface area contributed by atoms with Gasteiger partial charge in [-0.3, -0.25) is 0 Å². The molecule has 0 atom stereocenters. The van der Waals surface area contributed by atoms with Crippen LogP contribution in [0.2, 0.25) is 5.02 Å². The topological polar surface area (TPSA) is 16.1 Å². The third-order valence-corrected chi connectivity index (χ3v) is 4.21. The average Bonchev–Trinajstić information content (AvgIpc) is 2.34. The van der Waals surface area contributed by atoms with Crippen molar-refractivity contribution in [1.29, 1.82) is 0 Å². The zero-order chi connectivity index (χ0) is 12.3. The Bertz CT molecular complexity index is 378. The number of hydrogen-bond acceptors (Lipinski definition) is 2. The van der Waals surface area contributed by atoms with E-state index in [2.05, 4.69) is 32.7 Å². The molecule has 1 aromatic heterocycles. The van der Waals surface area contributed by atoms with Gasteiger partial charge >= 0.3 is 0 Å². The van der Waals surface area contributed by atoms with Gasteiger partial charge < -0.3 is 4.90 Å². The SMILES string of the molecule is CCN(c1ncc(Cl)cc1Br)C1CCCCC1. The molecule has 1 aliphatic rings. The summed E-state index contributed by atoms with van der Waals surface area (Å²) in [4.78, 5) is 6.87. The summed E-state index contributed by atoms with van der Waals surface area (Å²) in [5.74, 6) is 1.03. The highest BCUT2D eigenvalue weighted by molar-refractivity contribution is 9.10. The number of aromatic nitrogens is 1. The lowest BCUT2D eigenvalue weighted by molar-refractivity contribution is 0.416. The van der Waals surface area contributed by atoms with E-state index in [1.807, 2.05) is 6.07 Å². The van der Waals surface area contributed by atoms with Gasteiger partial charge in [-0.2, -0.15) is 0 Å². The van der Waals surface area contributed by atoms with E-state index in [-0.39, 0.29) is 0 Å². The van der Waals surface area contributed by atoms with Gasteiger partial charge in [0.1, 0.15) is 5.82 Å². The second-order valence-corrected chi connectivity index (χ2v) is 5.83. The maximum atomic E-state index is 5.94. The minimum atomic E-state index is 0.638. The monoisotopic (exact) mass is 316 g/mol. The van der Waals surface area contributed by atoms with Gasteiger partial charge in [0.05, 0.1) is 9.50 Å². The fraction of sp³-hybridized carbons (Fsp3) is 0.615. The maximum absolute atomic E-state index is 5.94. The molecule has 0 radical (unpaired) electrons. The fourth-order valence-electron chi connectivity index (χ4n) is 2.59. The van der Waals surface area contributed by atoms with Crippen molar-refractivity contribution in [3.8, 4) is 0 Å². The molecule has 2 nitrogen and oxygen atoms in total. The largest absolute Gasteiger partial charge is 0.353 e. The molecule has 17 heavy (non-hydrogen) atoms. The minimum absolute atomic E-state index is 0.638. The van der Waals surface area contributed by atoms with E-state index in [9.17, 15) is 0 Å². The van der Waals surface area contributed by atoms with Crippen molar-refractivity contribution >= 4 is 33.3 Å². The van der Waals surface area contributed by atoms with Crippen LogP contribution in [0.4, 0.5) is 5.82 Å². The molecule has 0 aromatic carbocycles. The zero-order valence-corrected chi connectivity index (χ0v) is 12.5. The normalized spacial score (nSPS) is 17.1. The van der Waals surface area contributed by atoms with Crippen molar-refractivity contribution in [3.05, 3.63) is 21.8 Å². The average molecular weight is 318 g/mol. The number of hydrogen-bond donors (Lipinski definition) is 0. The van der Waals surface area contributed by atoms with Crippen molar-refractivity contribution in [2.24, 2.45) is 0 Å². The molecule has 0 unspecified atom stereocenters. The molecular formula is C13H18BrClN2. The lowest BCUT2D eigenvalue weighted by Crippen LogP contribution is -2.37. The molecule has 94 valence electrons. The highest BCUT2D eigenvalue weighted by Crippen LogP contribution is 2.31. The lowest BCUT2D eigenvalue weighted by atomic mass is 9.94. The van der Waals surface area contributed by atoms with Gasteiger partial charge in [-0.05, 0) is 41.8 Å². The summed E-state index contributed by atoms with van der Waals surface area (Å²) in [5.41, 5.74) is 0. The zero-order valence-electron chi connectivity index (χ0n) is 10.1. The summed E-state index contributed by atoms with van der Waals surface area (Å²) in [5, 5.41) is 0.681. The molecule has 1 saturated carbocycles. The van der Waals surface area contributed by atoms with Gasteiger partial charge in [0.2, 0.25) is 0 Å². The molecule has 0 aliphatic heterocycles. The molecule has 1 aromatic rings. The minimum Gasteiger partial charge on any atom is -0.353 e. The van der Waals surface area contributed by atoms with Crippen LogP contribution in [0.15, 0.2) is 16.7 Å². The number of pyridine rings is 1. The Hall–Kier alpha value is -0.280. The Labute approximate surface area is 116 Å². The summed E-state index contributed by atoms with van der Waals surface area (Å²) < 4.78 is 0.998. The summed E-state index contributed by atoms with van der Waals surface area (Å²) >= 11 is 9.51. The molecule has 1 fully saturated rings. The first-order valence-corrected chi connectivity index (χ1v) is 7.47. The van der Waals surface area contributed by atoms with Crippen molar-refractivity contribution in [2.75, 3.05) is 11.4 Å². The number of nitrogens with zero attached hydrogens (tertiary/aromatic N) is 2. The van der Waals surface area contributed by atoms with E-state index in [0.717, 1.165) is 16.8 Å². The number of anilines is 1. The van der Waals surface area contributed by atoms with Gasteiger partial charge in [0.25, 0.3) is 0 Å². The van der Waals surface area contributed by atoms with Crippen LogP contribution >= 0.6 is 27.5 Å². The van der Waals surface area contributed by atoms with Gasteiger partial charge in [-0.1, -0.05) is 30.9 Å². The predicted octanol–water partition coefficient (Wildman–Crippen LogP) is 4.66. The lowest BCUT2D eigenvalue weighted by Gasteiger charge is -2.35. The van der Waals surface area contributed by atoms with Crippen LogP contribution in [0.25, 0.3) is 0 Å². The summed E-state index contributed by atoms with van der Waals surface area (Å²) in [6.45, 7) is 3.19. The van der Waals surface area contributed by atoms with E-state index in [1.165, 1.54) is 32.1 Å². The molecule has 0 spiro atoms. The van der Waals surface area contributed by atoms with E-state index >= 15 is 0 Å². The van der Waals surface area contributed by atoms with Crippen LogP contribution in [-0.2, 0) is 0 Å². The quantitative estimate of drug-likeness (QED) is 0.806. The van der Waals surface area contributed by atoms with Crippen LogP contribution in [-0.4, -0.2) is 17.6 Å². The van der Waals surface area contributed by atoms with Crippen LogP contribution in [0.5, 0.6) is 0 Å². The number of rotatable bonds is 3. The second-order valence-electron chi connectivity index (χ2n) is 4.54. The predicted molar refractivity (Wildman–Crippen MR) is 76.8 cm³/mol. The second kappa shape index (κ2) is 6.05. The molecule has 0 bridgehead atoms. The van der Waals surface area contributed by atoms with Crippen LogP contribution in [0, 0.1) is 0 Å². The molecule has 1 aliphatic carbocycles. The van der Waals surface area contributed by atoms with E-state index in [4.69, 9.17) is 11.6 Å². The molecular weight excluding hydrogens is 300 g/mol. The molecule has 4 heteroatoms. The number of halogens is 2. The Morgan fingerprint density at radius 1 is 1.41 bits per heavy atom. The standard InChI is InChI=1S/C13H18BrClN2/c1-2-17(11-6-4-3-5-7-11)13-12(14)8-10(15)9-16-13/h8-9,11H,2-7H2,1H3. The van der Waals surface area contributed by atoms with Crippen molar-refractivity contribution < 1.29 is 0 Å². The highest BCUT2D eigenvalue weighted by Gasteiger charge is 2.22. The van der Waals surface area contributed by atoms with Crippen LogP contribution < -0.4 is 4.90 Å². The molecule has 2 rings (SSSR count). The molecule has 1 heterocycles. The van der Waals surface area contributed by atoms with Crippen molar-refractivity contribution in [3.63, 3.8) is 0 Å². The van der Waals surface area contributed by atoms with E-state index < -0.39 is 0 Å². The van der Waals surface area contributed by atoms with Gasteiger partial charge in [0.15, 0.2) is 0 Å². The van der Waals surface area contributed by atoms with Crippen molar-refractivity contribution in [2.45, 2.75) is 45.1 Å². The Morgan fingerprint density at radius 3 is 2.71 bits per heavy atom. The van der Waals surface area contributed by atoms with Crippen LogP contribution in [0.1, 0.15) is 39.0 Å². The van der Waals surface area contributed by atoms with Gasteiger partial charge in [0, 0.05) is 18.8 Å². The Balaban J connectivity index is 2.21. The molecule has 0 amide bonds. The van der Waals surface area contributed by atoms with Gasteiger partial charge in [-0.15, -0.1) is 0 Å². The Kier molecular flexibility index (Phi) is 4.69. The summed E-state index contributed by atoms with van der Waals surface area (Å²) in [7, 11) is 0. The molecule has 0 saturated heterocycles. The summed E-state index contributed by atoms with van der Waals surface area (Å²) in [6.07, 6.45) is 8.35. The van der Waals surface area contributed by atoms with E-state index in [0.29, 0.717) is 11.1 Å². The smallest absolute Gasteiger partial charge is 0.143 e. The first-order chi connectivity index (χ1) is 8.22. The van der Waals surface area contributed by atoms with E-state index in [1.54, 1.807) is 6.20 Å². The fourth-order valence-corrected chi connectivity index (χ4v) is 3.46. The molecule has 0 N–H and O–H groups in total. The third-order valence-electron chi connectivity index (χ3n) is 3.42. The van der Waals surface area contributed by atoms with Gasteiger partial charge in [-0.25, -0.2) is 4.98 Å². The Morgan fingerprint density at radius 2 is 2.12 bits per heavy atom. The summed E-state index contributed by atoms with van der Waals surface area (Å²) in [6, 6.07) is 2.56. The van der Waals surface area contributed by atoms with Crippen molar-refractivity contribution in [1.82, 2.24) is 4.98 Å². The maximum Gasteiger partial charge on any atom is 0.143 e. The first kappa shape index (κ1) is 13.2. The first-order valence-electron chi connectivity index (χ1n) is 6.30.